The molecule has 0 aliphatic rings. The molecule has 0 radical (unpaired) electrons. The lowest BCUT2D eigenvalue weighted by Crippen LogP contribution is -2.07. The summed E-state index contributed by atoms with van der Waals surface area (Å²) in [5, 5.41) is 0. The zero-order valence-corrected chi connectivity index (χ0v) is 15.8. The van der Waals surface area contributed by atoms with Crippen molar-refractivity contribution in [2.75, 3.05) is 0 Å². The van der Waals surface area contributed by atoms with E-state index in [9.17, 15) is 0 Å². The normalized spacial score (nSPS) is 14.3. The van der Waals surface area contributed by atoms with Crippen LogP contribution in [-0.4, -0.2) is 0 Å². The van der Waals surface area contributed by atoms with Crippen LogP contribution in [0.2, 0.25) is 0 Å². The third-order valence-corrected chi connectivity index (χ3v) is 4.97. The van der Waals surface area contributed by atoms with Gasteiger partial charge in [0, 0.05) is 0 Å². The Morgan fingerprint density at radius 3 is 1.62 bits per heavy atom. The van der Waals surface area contributed by atoms with Crippen molar-refractivity contribution in [3.63, 3.8) is 0 Å². The minimum Gasteiger partial charge on any atom is -0.0654 e. The van der Waals surface area contributed by atoms with Gasteiger partial charge in [-0.1, -0.05) is 118 Å². The summed E-state index contributed by atoms with van der Waals surface area (Å²) in [5.41, 5.74) is 0. The lowest BCUT2D eigenvalue weighted by molar-refractivity contribution is 0.316. The first kappa shape index (κ1) is 21.0. The van der Waals surface area contributed by atoms with Gasteiger partial charge in [-0.15, -0.1) is 0 Å². The summed E-state index contributed by atoms with van der Waals surface area (Å²) in [4.78, 5) is 0. The molecule has 2 unspecified atom stereocenters. The SMILES string of the molecule is CCCCCCCC(C)CC(CCCC)CCCCCC. The van der Waals surface area contributed by atoms with E-state index in [1.807, 2.05) is 0 Å². The molecule has 0 saturated carbocycles. The summed E-state index contributed by atoms with van der Waals surface area (Å²) < 4.78 is 0. The van der Waals surface area contributed by atoms with E-state index >= 15 is 0 Å². The maximum Gasteiger partial charge on any atom is -0.0412 e. The summed E-state index contributed by atoms with van der Waals surface area (Å²) in [6.07, 6.45) is 21.7. The topological polar surface area (TPSA) is 0 Å². The zero-order valence-electron chi connectivity index (χ0n) is 15.8. The smallest absolute Gasteiger partial charge is 0.0412 e. The Balaban J connectivity index is 3.78. The Morgan fingerprint density at radius 1 is 0.524 bits per heavy atom. The van der Waals surface area contributed by atoms with Gasteiger partial charge in [0.25, 0.3) is 0 Å². The van der Waals surface area contributed by atoms with E-state index in [-0.39, 0.29) is 0 Å². The van der Waals surface area contributed by atoms with Gasteiger partial charge >= 0.3 is 0 Å². The fourth-order valence-electron chi connectivity index (χ4n) is 3.52. The molecule has 128 valence electrons. The maximum atomic E-state index is 2.50. The van der Waals surface area contributed by atoms with Gasteiger partial charge in [-0.3, -0.25) is 0 Å². The van der Waals surface area contributed by atoms with Crippen LogP contribution < -0.4 is 0 Å². The highest BCUT2D eigenvalue weighted by atomic mass is 14.2. The van der Waals surface area contributed by atoms with E-state index in [2.05, 4.69) is 27.7 Å². The minimum absolute atomic E-state index is 0.958. The molecule has 0 rings (SSSR count). The molecule has 0 heterocycles. The molecular formula is C21H44. The highest BCUT2D eigenvalue weighted by Crippen LogP contribution is 2.27. The highest BCUT2D eigenvalue weighted by Gasteiger charge is 2.12. The monoisotopic (exact) mass is 296 g/mol. The van der Waals surface area contributed by atoms with Crippen molar-refractivity contribution in [2.45, 2.75) is 124 Å². The summed E-state index contributed by atoms with van der Waals surface area (Å²) in [6.45, 7) is 9.46. The average Bonchev–Trinajstić information content (AvgIpc) is 2.48. The van der Waals surface area contributed by atoms with Gasteiger partial charge in [-0.2, -0.15) is 0 Å². The molecule has 0 heteroatoms. The van der Waals surface area contributed by atoms with Crippen molar-refractivity contribution in [1.82, 2.24) is 0 Å². The molecular weight excluding hydrogens is 252 g/mol. The lowest BCUT2D eigenvalue weighted by Gasteiger charge is -2.21. The average molecular weight is 297 g/mol. The summed E-state index contributed by atoms with van der Waals surface area (Å²) in [5.74, 6) is 1.98. The molecule has 0 aromatic rings. The number of hydrogen-bond acceptors (Lipinski definition) is 0. The van der Waals surface area contributed by atoms with Crippen LogP contribution in [0.25, 0.3) is 0 Å². The van der Waals surface area contributed by atoms with Gasteiger partial charge in [0.15, 0.2) is 0 Å². The molecule has 0 aliphatic carbocycles. The fourth-order valence-corrected chi connectivity index (χ4v) is 3.52. The van der Waals surface area contributed by atoms with Gasteiger partial charge in [0.2, 0.25) is 0 Å². The zero-order chi connectivity index (χ0) is 15.8. The molecule has 0 N–H and O–H groups in total. The first-order chi connectivity index (χ1) is 10.2. The van der Waals surface area contributed by atoms with E-state index < -0.39 is 0 Å². The van der Waals surface area contributed by atoms with Crippen LogP contribution in [0.1, 0.15) is 124 Å². The molecule has 0 aromatic heterocycles. The summed E-state index contributed by atoms with van der Waals surface area (Å²) in [6, 6.07) is 0. The maximum absolute atomic E-state index is 2.50. The molecule has 0 nitrogen and oxygen atoms in total. The largest absolute Gasteiger partial charge is 0.0654 e. The Morgan fingerprint density at radius 2 is 1.00 bits per heavy atom. The third-order valence-electron chi connectivity index (χ3n) is 4.97. The van der Waals surface area contributed by atoms with Crippen molar-refractivity contribution in [1.29, 1.82) is 0 Å². The number of rotatable bonds is 16. The molecule has 0 spiro atoms. The van der Waals surface area contributed by atoms with Gasteiger partial charge < -0.3 is 0 Å². The van der Waals surface area contributed by atoms with E-state index in [0.29, 0.717) is 0 Å². The Labute approximate surface area is 136 Å². The standard InChI is InChI=1S/C21H44/c1-5-8-11-13-14-16-20(4)19-21(17-10-7-3)18-15-12-9-6-2/h20-21H,5-19H2,1-4H3. The van der Waals surface area contributed by atoms with Crippen molar-refractivity contribution >= 4 is 0 Å². The van der Waals surface area contributed by atoms with E-state index in [1.165, 1.54) is 96.3 Å². The number of unbranched alkanes of at least 4 members (excludes halogenated alkanes) is 8. The van der Waals surface area contributed by atoms with Gasteiger partial charge in [0.1, 0.15) is 0 Å². The predicted molar refractivity (Wildman–Crippen MR) is 98.9 cm³/mol. The lowest BCUT2D eigenvalue weighted by atomic mass is 9.85. The highest BCUT2D eigenvalue weighted by molar-refractivity contribution is 4.65. The van der Waals surface area contributed by atoms with Crippen LogP contribution in [0.5, 0.6) is 0 Å². The van der Waals surface area contributed by atoms with Crippen LogP contribution in [0, 0.1) is 11.8 Å². The third kappa shape index (κ3) is 14.7. The second-order valence-corrected chi connectivity index (χ2v) is 7.40. The number of hydrogen-bond donors (Lipinski definition) is 0. The second kappa shape index (κ2) is 16.4. The van der Waals surface area contributed by atoms with E-state index in [1.54, 1.807) is 0 Å². The van der Waals surface area contributed by atoms with Crippen LogP contribution in [-0.2, 0) is 0 Å². The van der Waals surface area contributed by atoms with Gasteiger partial charge in [-0.25, -0.2) is 0 Å². The quantitative estimate of drug-likeness (QED) is 0.252. The minimum atomic E-state index is 0.958. The van der Waals surface area contributed by atoms with E-state index in [4.69, 9.17) is 0 Å². The van der Waals surface area contributed by atoms with Crippen LogP contribution in [0.4, 0.5) is 0 Å². The van der Waals surface area contributed by atoms with Crippen LogP contribution in [0.3, 0.4) is 0 Å². The van der Waals surface area contributed by atoms with Gasteiger partial charge in [0.05, 0.1) is 0 Å². The Bertz CT molecular complexity index is 184. The molecule has 0 saturated heterocycles. The van der Waals surface area contributed by atoms with Gasteiger partial charge in [-0.05, 0) is 18.3 Å². The molecule has 0 bridgehead atoms. The molecule has 0 amide bonds. The molecule has 0 fully saturated rings. The van der Waals surface area contributed by atoms with Crippen molar-refractivity contribution in [3.05, 3.63) is 0 Å². The summed E-state index contributed by atoms with van der Waals surface area (Å²) in [7, 11) is 0. The van der Waals surface area contributed by atoms with Crippen LogP contribution in [0.15, 0.2) is 0 Å². The first-order valence-electron chi connectivity index (χ1n) is 10.2. The molecule has 2 atom stereocenters. The first-order valence-corrected chi connectivity index (χ1v) is 10.2. The molecule has 0 aromatic carbocycles. The Hall–Kier alpha value is 0. The Kier molecular flexibility index (Phi) is 16.4. The predicted octanol–water partition coefficient (Wildman–Crippen LogP) is 8.15. The van der Waals surface area contributed by atoms with Crippen molar-refractivity contribution in [2.24, 2.45) is 11.8 Å². The van der Waals surface area contributed by atoms with Crippen molar-refractivity contribution < 1.29 is 0 Å². The molecule has 21 heavy (non-hydrogen) atoms. The fraction of sp³-hybridized carbons (Fsp3) is 1.00. The van der Waals surface area contributed by atoms with E-state index in [0.717, 1.165) is 11.8 Å². The molecule has 0 aliphatic heterocycles. The van der Waals surface area contributed by atoms with Crippen molar-refractivity contribution in [3.8, 4) is 0 Å². The second-order valence-electron chi connectivity index (χ2n) is 7.40. The summed E-state index contributed by atoms with van der Waals surface area (Å²) >= 11 is 0. The van der Waals surface area contributed by atoms with Crippen LogP contribution >= 0.6 is 0 Å².